The molecule has 0 aliphatic heterocycles. The van der Waals surface area contributed by atoms with Crippen LogP contribution < -0.4 is 0 Å². The number of ether oxygens (including phenoxy) is 1. The summed E-state index contributed by atoms with van der Waals surface area (Å²) < 4.78 is 5.36. The molecule has 0 aliphatic rings. The lowest BCUT2D eigenvalue weighted by Gasteiger charge is -2.20. The Labute approximate surface area is 162 Å². The summed E-state index contributed by atoms with van der Waals surface area (Å²) in [5.74, 6) is -0.656. The van der Waals surface area contributed by atoms with Crippen molar-refractivity contribution >= 4 is 11.9 Å². The van der Waals surface area contributed by atoms with Crippen molar-refractivity contribution in [3.63, 3.8) is 0 Å². The van der Waals surface area contributed by atoms with Crippen LogP contribution in [0.2, 0.25) is 0 Å². The van der Waals surface area contributed by atoms with Crippen molar-refractivity contribution in [2.24, 2.45) is 0 Å². The average molecular weight is 367 g/mol. The number of hydrogen-bond donors (Lipinski definition) is 0. The average Bonchev–Trinajstić information content (AvgIpc) is 2.64. The maximum atomic E-state index is 12.6. The molecule has 0 aliphatic carbocycles. The van der Waals surface area contributed by atoms with E-state index in [1.54, 1.807) is 11.9 Å². The molecule has 144 valence electrons. The number of aryl methyl sites for hydroxylation is 1. The molecule has 0 radical (unpaired) electrons. The van der Waals surface area contributed by atoms with Gasteiger partial charge in [0.25, 0.3) is 5.91 Å². The fraction of sp³-hybridized carbons (Fsp3) is 0.391. The lowest BCUT2D eigenvalue weighted by Crippen LogP contribution is -2.31. The number of hydrogen-bond acceptors (Lipinski definition) is 3. The first-order valence-corrected chi connectivity index (χ1v) is 9.17. The van der Waals surface area contributed by atoms with Crippen LogP contribution in [0.3, 0.4) is 0 Å². The van der Waals surface area contributed by atoms with Crippen LogP contribution in [0.15, 0.2) is 24.3 Å². The van der Waals surface area contributed by atoms with Crippen molar-refractivity contribution < 1.29 is 14.3 Å². The third-order valence-corrected chi connectivity index (χ3v) is 5.63. The van der Waals surface area contributed by atoms with Crippen LogP contribution >= 0.6 is 0 Å². The Hall–Kier alpha value is -2.62. The zero-order valence-electron chi connectivity index (χ0n) is 17.4. The zero-order chi connectivity index (χ0) is 20.3. The van der Waals surface area contributed by atoms with Crippen molar-refractivity contribution in [3.05, 3.63) is 68.8 Å². The second kappa shape index (κ2) is 8.38. The Morgan fingerprint density at radius 2 is 1.37 bits per heavy atom. The molecule has 0 heterocycles. The topological polar surface area (TPSA) is 46.6 Å². The molecule has 27 heavy (non-hydrogen) atoms. The molecule has 0 bridgehead atoms. The van der Waals surface area contributed by atoms with Gasteiger partial charge in [0.2, 0.25) is 0 Å². The van der Waals surface area contributed by atoms with Crippen LogP contribution in [0, 0.1) is 41.5 Å². The van der Waals surface area contributed by atoms with Gasteiger partial charge in [0.05, 0.1) is 5.56 Å². The Balaban J connectivity index is 2.07. The standard InChI is InChI=1S/C23H29NO3/c1-14-10-8-9-11-20(14)12-24(7)21(25)13-27-23(26)22-18(5)16(3)15(2)17(4)19(22)6/h8-11H,12-13H2,1-7H3. The lowest BCUT2D eigenvalue weighted by atomic mass is 9.90. The van der Waals surface area contributed by atoms with E-state index in [1.165, 1.54) is 5.56 Å². The van der Waals surface area contributed by atoms with E-state index < -0.39 is 5.97 Å². The van der Waals surface area contributed by atoms with Gasteiger partial charge in [-0.2, -0.15) is 0 Å². The smallest absolute Gasteiger partial charge is 0.339 e. The molecule has 0 N–H and O–H groups in total. The highest BCUT2D eigenvalue weighted by Gasteiger charge is 2.21. The largest absolute Gasteiger partial charge is 0.452 e. The van der Waals surface area contributed by atoms with Crippen LogP contribution in [0.1, 0.15) is 49.3 Å². The van der Waals surface area contributed by atoms with Gasteiger partial charge in [0, 0.05) is 13.6 Å². The highest BCUT2D eigenvalue weighted by molar-refractivity contribution is 5.95. The van der Waals surface area contributed by atoms with E-state index in [9.17, 15) is 9.59 Å². The molecule has 0 fully saturated rings. The van der Waals surface area contributed by atoms with Gasteiger partial charge >= 0.3 is 5.97 Å². The molecule has 0 atom stereocenters. The highest BCUT2D eigenvalue weighted by atomic mass is 16.5. The molecule has 2 aromatic rings. The zero-order valence-corrected chi connectivity index (χ0v) is 17.4. The number of benzene rings is 2. The number of carbonyl (C=O) groups excluding carboxylic acids is 2. The molecule has 0 saturated heterocycles. The van der Waals surface area contributed by atoms with Crippen molar-refractivity contribution in [3.8, 4) is 0 Å². The molecule has 0 unspecified atom stereocenters. The van der Waals surface area contributed by atoms with Crippen molar-refractivity contribution in [1.29, 1.82) is 0 Å². The summed E-state index contributed by atoms with van der Waals surface area (Å²) >= 11 is 0. The normalized spacial score (nSPS) is 10.6. The van der Waals surface area contributed by atoms with E-state index in [4.69, 9.17) is 4.74 Å². The van der Waals surface area contributed by atoms with Gasteiger partial charge in [0.1, 0.15) is 0 Å². The van der Waals surface area contributed by atoms with Crippen LogP contribution in [0.5, 0.6) is 0 Å². The van der Waals surface area contributed by atoms with Crippen LogP contribution in [-0.4, -0.2) is 30.4 Å². The molecule has 4 heteroatoms. The quantitative estimate of drug-likeness (QED) is 0.738. The van der Waals surface area contributed by atoms with Crippen molar-refractivity contribution in [2.75, 3.05) is 13.7 Å². The SMILES string of the molecule is Cc1ccccc1CN(C)C(=O)COC(=O)c1c(C)c(C)c(C)c(C)c1C. The molecule has 4 nitrogen and oxygen atoms in total. The lowest BCUT2D eigenvalue weighted by molar-refractivity contribution is -0.133. The maximum Gasteiger partial charge on any atom is 0.339 e. The second-order valence-electron chi connectivity index (χ2n) is 7.25. The van der Waals surface area contributed by atoms with E-state index >= 15 is 0 Å². The fourth-order valence-electron chi connectivity index (χ4n) is 3.25. The van der Waals surface area contributed by atoms with Crippen molar-refractivity contribution in [1.82, 2.24) is 4.90 Å². The summed E-state index contributed by atoms with van der Waals surface area (Å²) in [7, 11) is 1.72. The summed E-state index contributed by atoms with van der Waals surface area (Å²) in [6, 6.07) is 7.93. The van der Waals surface area contributed by atoms with Gasteiger partial charge in [-0.3, -0.25) is 4.79 Å². The molecular formula is C23H29NO3. The minimum absolute atomic E-state index is 0.220. The highest BCUT2D eigenvalue weighted by Crippen LogP contribution is 2.26. The van der Waals surface area contributed by atoms with Gasteiger partial charge in [-0.25, -0.2) is 4.79 Å². The van der Waals surface area contributed by atoms with Crippen molar-refractivity contribution in [2.45, 2.75) is 48.1 Å². The third-order valence-electron chi connectivity index (χ3n) is 5.63. The second-order valence-corrected chi connectivity index (χ2v) is 7.25. The monoisotopic (exact) mass is 367 g/mol. The molecule has 0 spiro atoms. The number of likely N-dealkylation sites (N-methyl/N-ethyl adjacent to an activating group) is 1. The van der Waals surface area contributed by atoms with E-state index in [1.807, 2.05) is 58.9 Å². The molecule has 1 amide bonds. The first kappa shape index (κ1) is 20.7. The van der Waals surface area contributed by atoms with Gasteiger partial charge in [0.15, 0.2) is 6.61 Å². The maximum absolute atomic E-state index is 12.6. The van der Waals surface area contributed by atoms with E-state index in [0.29, 0.717) is 12.1 Å². The van der Waals surface area contributed by atoms with E-state index in [0.717, 1.165) is 33.4 Å². The summed E-state index contributed by atoms with van der Waals surface area (Å²) in [6.07, 6.45) is 0. The third kappa shape index (κ3) is 4.38. The fourth-order valence-corrected chi connectivity index (χ4v) is 3.25. The Bertz CT molecular complexity index is 854. The van der Waals surface area contributed by atoms with E-state index in [-0.39, 0.29) is 12.5 Å². The Morgan fingerprint density at radius 1 is 0.852 bits per heavy atom. The van der Waals surface area contributed by atoms with Gasteiger partial charge in [-0.1, -0.05) is 24.3 Å². The minimum Gasteiger partial charge on any atom is -0.452 e. The van der Waals surface area contributed by atoms with Gasteiger partial charge in [-0.05, 0) is 80.5 Å². The first-order valence-electron chi connectivity index (χ1n) is 9.17. The predicted molar refractivity (Wildman–Crippen MR) is 108 cm³/mol. The van der Waals surface area contributed by atoms with Crippen LogP contribution in [-0.2, 0) is 16.1 Å². The summed E-state index contributed by atoms with van der Waals surface area (Å²) in [5, 5.41) is 0. The minimum atomic E-state index is -0.436. The summed E-state index contributed by atoms with van der Waals surface area (Å²) in [6.45, 7) is 12.2. The number of amides is 1. The van der Waals surface area contributed by atoms with Gasteiger partial charge in [-0.15, -0.1) is 0 Å². The molecule has 2 aromatic carbocycles. The molecule has 0 saturated carbocycles. The predicted octanol–water partition coefficient (Wildman–Crippen LogP) is 4.35. The molecular weight excluding hydrogens is 338 g/mol. The molecule has 0 aromatic heterocycles. The summed E-state index contributed by atoms with van der Waals surface area (Å²) in [5.41, 5.74) is 7.99. The van der Waals surface area contributed by atoms with Crippen LogP contribution in [0.25, 0.3) is 0 Å². The Morgan fingerprint density at radius 3 is 1.93 bits per heavy atom. The number of carbonyl (C=O) groups is 2. The first-order chi connectivity index (χ1) is 12.6. The molecule has 2 rings (SSSR count). The number of rotatable bonds is 5. The van der Waals surface area contributed by atoms with Gasteiger partial charge < -0.3 is 9.64 Å². The van der Waals surface area contributed by atoms with Crippen LogP contribution in [0.4, 0.5) is 0 Å². The summed E-state index contributed by atoms with van der Waals surface area (Å²) in [4.78, 5) is 26.6. The van der Waals surface area contributed by atoms with E-state index in [2.05, 4.69) is 6.92 Å². The Kier molecular flexibility index (Phi) is 6.42. The number of nitrogens with zero attached hydrogens (tertiary/aromatic N) is 1. The number of esters is 1.